The maximum atomic E-state index is 12.8. The van der Waals surface area contributed by atoms with Crippen molar-refractivity contribution in [2.45, 2.75) is 25.2 Å². The van der Waals surface area contributed by atoms with Crippen LogP contribution >= 0.6 is 0 Å². The number of amides is 4. The fraction of sp³-hybridized carbons (Fsp3) is 0.714. The zero-order valence-electron chi connectivity index (χ0n) is 14.2. The number of methoxy groups -OCH3 is 2. The summed E-state index contributed by atoms with van der Waals surface area (Å²) in [7, 11) is 2.86. The molecule has 2 fully saturated rings. The summed E-state index contributed by atoms with van der Waals surface area (Å²) < 4.78 is 10.2. The molecule has 0 spiro atoms. The lowest BCUT2D eigenvalue weighted by atomic mass is 9.95. The Balaban J connectivity index is 2.66. The zero-order chi connectivity index (χ0) is 18.1. The van der Waals surface area contributed by atoms with E-state index < -0.39 is 23.4 Å². The van der Waals surface area contributed by atoms with Gasteiger partial charge in [0.25, 0.3) is 0 Å². The van der Waals surface area contributed by atoms with Gasteiger partial charge in [-0.25, -0.2) is 9.59 Å². The Hall–Kier alpha value is -2.20. The van der Waals surface area contributed by atoms with Crippen LogP contribution in [0.1, 0.15) is 13.8 Å². The number of urea groups is 2. The second-order valence-corrected chi connectivity index (χ2v) is 5.85. The summed E-state index contributed by atoms with van der Waals surface area (Å²) in [6, 6.07) is -0.920. The Kier molecular flexibility index (Phi) is 4.81. The molecule has 0 aromatic carbocycles. The van der Waals surface area contributed by atoms with Gasteiger partial charge >= 0.3 is 12.1 Å². The predicted molar refractivity (Wildman–Crippen MR) is 80.6 cm³/mol. The number of fused-ring (bicyclic) bond motifs is 1. The molecule has 134 valence electrons. The Bertz CT molecular complexity index is 513. The minimum absolute atomic E-state index is 0.0807. The molecule has 2 rings (SSSR count). The number of aldehydes is 2. The van der Waals surface area contributed by atoms with Crippen molar-refractivity contribution in [2.24, 2.45) is 0 Å². The van der Waals surface area contributed by atoms with Crippen LogP contribution in [0.25, 0.3) is 0 Å². The van der Waals surface area contributed by atoms with Gasteiger partial charge in [0.1, 0.15) is 26.0 Å². The van der Waals surface area contributed by atoms with Gasteiger partial charge in [-0.15, -0.1) is 0 Å². The molecule has 2 heterocycles. The van der Waals surface area contributed by atoms with E-state index in [0.717, 1.165) is 0 Å². The third-order valence-electron chi connectivity index (χ3n) is 4.95. The van der Waals surface area contributed by atoms with Crippen LogP contribution in [0, 0.1) is 0 Å². The average Bonchev–Trinajstić information content (AvgIpc) is 2.81. The summed E-state index contributed by atoms with van der Waals surface area (Å²) in [4.78, 5) is 53.1. The molecule has 0 aromatic heterocycles. The maximum Gasteiger partial charge on any atom is 0.326 e. The molecule has 2 aliphatic rings. The molecule has 0 aromatic rings. The smallest absolute Gasteiger partial charge is 0.326 e. The van der Waals surface area contributed by atoms with E-state index in [1.165, 1.54) is 33.8 Å². The molecule has 0 bridgehead atoms. The highest BCUT2D eigenvalue weighted by Gasteiger charge is 2.74. The summed E-state index contributed by atoms with van der Waals surface area (Å²) in [5.41, 5.74) is -2.42. The summed E-state index contributed by atoms with van der Waals surface area (Å²) in [6.45, 7) is 2.76. The molecule has 0 aliphatic carbocycles. The SMILES string of the molecule is COCN1C(=O)N(CC=O)C2(C)N(CC=O)C(=O)N(COC)C12C. The van der Waals surface area contributed by atoms with Crippen LogP contribution in [0.15, 0.2) is 0 Å². The van der Waals surface area contributed by atoms with E-state index in [2.05, 4.69) is 0 Å². The fourth-order valence-corrected chi connectivity index (χ4v) is 3.63. The van der Waals surface area contributed by atoms with Gasteiger partial charge in [0, 0.05) is 14.2 Å². The van der Waals surface area contributed by atoms with E-state index in [9.17, 15) is 19.2 Å². The van der Waals surface area contributed by atoms with E-state index in [4.69, 9.17) is 9.47 Å². The van der Waals surface area contributed by atoms with E-state index in [0.29, 0.717) is 12.6 Å². The Morgan fingerprint density at radius 1 is 0.792 bits per heavy atom. The average molecular weight is 342 g/mol. The second kappa shape index (κ2) is 6.36. The molecular formula is C14H22N4O6. The van der Waals surface area contributed by atoms with E-state index in [1.807, 2.05) is 0 Å². The molecule has 0 atom stereocenters. The third kappa shape index (κ3) is 2.02. The molecule has 2 saturated heterocycles. The monoisotopic (exact) mass is 342 g/mol. The first kappa shape index (κ1) is 18.1. The lowest BCUT2D eigenvalue weighted by Gasteiger charge is -2.44. The first-order valence-electron chi connectivity index (χ1n) is 7.39. The summed E-state index contributed by atoms with van der Waals surface area (Å²) in [5.74, 6) is 0. The number of carbonyl (C=O) groups excluding carboxylic acids is 4. The highest BCUT2D eigenvalue weighted by atomic mass is 16.5. The molecule has 10 heteroatoms. The maximum absolute atomic E-state index is 12.8. The third-order valence-corrected chi connectivity index (χ3v) is 4.95. The lowest BCUT2D eigenvalue weighted by molar-refractivity contribution is -0.116. The molecule has 0 unspecified atom stereocenters. The fourth-order valence-electron chi connectivity index (χ4n) is 3.63. The highest BCUT2D eigenvalue weighted by molar-refractivity contribution is 5.90. The van der Waals surface area contributed by atoms with E-state index in [1.54, 1.807) is 13.8 Å². The van der Waals surface area contributed by atoms with Gasteiger partial charge in [-0.2, -0.15) is 0 Å². The van der Waals surface area contributed by atoms with E-state index >= 15 is 0 Å². The van der Waals surface area contributed by atoms with Gasteiger partial charge in [-0.05, 0) is 13.8 Å². The molecule has 10 nitrogen and oxygen atoms in total. The number of nitrogens with zero attached hydrogens (tertiary/aromatic N) is 4. The first-order valence-corrected chi connectivity index (χ1v) is 7.39. The standard InChI is InChI=1S/C14H22N4O6/c1-13-14(2,17(9-23-3)11(21)15(13)5-7-19)18(10-24-4)12(22)16(13)6-8-20/h7-8H,5-6,9-10H2,1-4H3. The van der Waals surface area contributed by atoms with E-state index in [-0.39, 0.29) is 26.6 Å². The Labute approximate surface area is 139 Å². The number of hydrogen-bond acceptors (Lipinski definition) is 6. The lowest BCUT2D eigenvalue weighted by Crippen LogP contribution is -2.65. The number of carbonyl (C=O) groups is 4. The number of rotatable bonds is 8. The van der Waals surface area contributed by atoms with Crippen molar-refractivity contribution >= 4 is 24.6 Å². The van der Waals surface area contributed by atoms with Gasteiger partial charge in [0.2, 0.25) is 0 Å². The summed E-state index contributed by atoms with van der Waals surface area (Å²) in [5, 5.41) is 0. The van der Waals surface area contributed by atoms with Crippen LogP contribution in [0.5, 0.6) is 0 Å². The van der Waals surface area contributed by atoms with Crippen LogP contribution in [-0.4, -0.2) is 96.3 Å². The predicted octanol–water partition coefficient (Wildman–Crippen LogP) is -0.500. The van der Waals surface area contributed by atoms with Crippen LogP contribution in [0.3, 0.4) is 0 Å². The van der Waals surface area contributed by atoms with Crippen molar-refractivity contribution in [1.82, 2.24) is 19.6 Å². The van der Waals surface area contributed by atoms with Gasteiger partial charge in [-0.3, -0.25) is 19.6 Å². The van der Waals surface area contributed by atoms with Crippen molar-refractivity contribution < 1.29 is 28.7 Å². The van der Waals surface area contributed by atoms with Crippen LogP contribution in [-0.2, 0) is 19.1 Å². The van der Waals surface area contributed by atoms with Crippen LogP contribution in [0.4, 0.5) is 9.59 Å². The van der Waals surface area contributed by atoms with Crippen LogP contribution < -0.4 is 0 Å². The molecule has 0 saturated carbocycles. The first-order chi connectivity index (χ1) is 11.4. The number of ether oxygens (including phenoxy) is 2. The molecule has 24 heavy (non-hydrogen) atoms. The summed E-state index contributed by atoms with van der Waals surface area (Å²) >= 11 is 0. The highest BCUT2D eigenvalue weighted by Crippen LogP contribution is 2.50. The van der Waals surface area contributed by atoms with Gasteiger partial charge in [-0.1, -0.05) is 0 Å². The Morgan fingerprint density at radius 3 is 1.42 bits per heavy atom. The quantitative estimate of drug-likeness (QED) is 0.551. The second-order valence-electron chi connectivity index (χ2n) is 5.85. The van der Waals surface area contributed by atoms with Crippen molar-refractivity contribution in [2.75, 3.05) is 40.8 Å². The Morgan fingerprint density at radius 2 is 1.12 bits per heavy atom. The number of hydrogen-bond donors (Lipinski definition) is 0. The molecule has 4 amide bonds. The van der Waals surface area contributed by atoms with Gasteiger partial charge < -0.3 is 19.1 Å². The minimum atomic E-state index is -1.24. The van der Waals surface area contributed by atoms with Crippen LogP contribution in [0.2, 0.25) is 0 Å². The van der Waals surface area contributed by atoms with Crippen molar-refractivity contribution in [1.29, 1.82) is 0 Å². The zero-order valence-corrected chi connectivity index (χ0v) is 14.2. The van der Waals surface area contributed by atoms with Crippen molar-refractivity contribution in [3.8, 4) is 0 Å². The van der Waals surface area contributed by atoms with Crippen molar-refractivity contribution in [3.05, 3.63) is 0 Å². The molecule has 2 aliphatic heterocycles. The van der Waals surface area contributed by atoms with Gasteiger partial charge in [0.15, 0.2) is 11.3 Å². The minimum Gasteiger partial charge on any atom is -0.364 e. The molecule has 0 radical (unpaired) electrons. The van der Waals surface area contributed by atoms with Gasteiger partial charge in [0.05, 0.1) is 13.1 Å². The molecular weight excluding hydrogens is 320 g/mol. The summed E-state index contributed by atoms with van der Waals surface area (Å²) in [6.07, 6.45) is 1.17. The topological polar surface area (TPSA) is 99.7 Å². The normalized spacial score (nSPS) is 29.5. The largest absolute Gasteiger partial charge is 0.364 e. The molecule has 0 N–H and O–H groups in total. The van der Waals surface area contributed by atoms with Crippen molar-refractivity contribution in [3.63, 3.8) is 0 Å².